The minimum atomic E-state index is -0.894. The van der Waals surface area contributed by atoms with Crippen molar-refractivity contribution in [1.82, 2.24) is 4.98 Å². The van der Waals surface area contributed by atoms with Crippen LogP contribution in [-0.4, -0.2) is 33.7 Å². The van der Waals surface area contributed by atoms with Crippen LogP contribution in [0.1, 0.15) is 77.3 Å². The minimum absolute atomic E-state index is 0.00793. The molecular formula is C29H28N2O5S. The SMILES string of the molecule is CC(=O)c1sc(N2C(=O)C(=O)C(=C(O)c3ccc4c(c3)C[C@H](C)O4)[C@@H]2c2ccc(C(C)C)cc2)nc1C. The van der Waals surface area contributed by atoms with Crippen LogP contribution in [0.25, 0.3) is 5.76 Å². The van der Waals surface area contributed by atoms with Crippen molar-refractivity contribution in [2.75, 3.05) is 4.90 Å². The van der Waals surface area contributed by atoms with E-state index in [0.29, 0.717) is 34.0 Å². The predicted octanol–water partition coefficient (Wildman–Crippen LogP) is 5.73. The van der Waals surface area contributed by atoms with Crippen molar-refractivity contribution in [3.8, 4) is 5.75 Å². The Kier molecular flexibility index (Phi) is 6.23. The van der Waals surface area contributed by atoms with Crippen molar-refractivity contribution in [2.24, 2.45) is 0 Å². The first kappa shape index (κ1) is 24.9. The average Bonchev–Trinajstić information content (AvgIpc) is 3.50. The number of hydrogen-bond acceptors (Lipinski definition) is 7. The molecule has 5 rings (SSSR count). The van der Waals surface area contributed by atoms with Gasteiger partial charge in [-0.2, -0.15) is 0 Å². The van der Waals surface area contributed by atoms with Gasteiger partial charge in [-0.05, 0) is 54.7 Å². The Morgan fingerprint density at radius 1 is 1.16 bits per heavy atom. The zero-order chi connectivity index (χ0) is 26.6. The number of carbonyl (C=O) groups excluding carboxylic acids is 3. The van der Waals surface area contributed by atoms with Crippen LogP contribution in [-0.2, 0) is 16.0 Å². The highest BCUT2D eigenvalue weighted by Gasteiger charge is 2.48. The summed E-state index contributed by atoms with van der Waals surface area (Å²) in [7, 11) is 0. The number of aromatic nitrogens is 1. The van der Waals surface area contributed by atoms with Gasteiger partial charge in [-0.15, -0.1) is 0 Å². The van der Waals surface area contributed by atoms with Gasteiger partial charge in [0.05, 0.1) is 22.2 Å². The highest BCUT2D eigenvalue weighted by Crippen LogP contribution is 2.44. The fraction of sp³-hybridized carbons (Fsp3) is 0.310. The first-order valence-corrected chi connectivity index (χ1v) is 13.1. The molecule has 1 N–H and O–H groups in total. The number of Topliss-reactive ketones (excluding diaryl/α,β-unsaturated/α-hetero) is 2. The van der Waals surface area contributed by atoms with Crippen LogP contribution in [0.2, 0.25) is 0 Å². The quantitative estimate of drug-likeness (QED) is 0.201. The predicted molar refractivity (Wildman–Crippen MR) is 142 cm³/mol. The topological polar surface area (TPSA) is 96.8 Å². The Balaban J connectivity index is 1.69. The van der Waals surface area contributed by atoms with Gasteiger partial charge in [-0.1, -0.05) is 49.4 Å². The first-order chi connectivity index (χ1) is 17.6. The fourth-order valence-corrected chi connectivity index (χ4v) is 5.93. The van der Waals surface area contributed by atoms with Gasteiger partial charge in [0.2, 0.25) is 0 Å². The second kappa shape index (κ2) is 9.27. The van der Waals surface area contributed by atoms with E-state index < -0.39 is 17.7 Å². The monoisotopic (exact) mass is 516 g/mol. The lowest BCUT2D eigenvalue weighted by atomic mass is 9.93. The van der Waals surface area contributed by atoms with E-state index in [1.165, 1.54) is 11.8 Å². The van der Waals surface area contributed by atoms with E-state index in [2.05, 4.69) is 18.8 Å². The Morgan fingerprint density at radius 2 is 1.86 bits per heavy atom. The van der Waals surface area contributed by atoms with Crippen LogP contribution in [0, 0.1) is 6.92 Å². The van der Waals surface area contributed by atoms with Gasteiger partial charge in [0, 0.05) is 18.9 Å². The summed E-state index contributed by atoms with van der Waals surface area (Å²) in [6.45, 7) is 9.28. The number of fused-ring (bicyclic) bond motifs is 1. The average molecular weight is 517 g/mol. The van der Waals surface area contributed by atoms with E-state index in [1.54, 1.807) is 19.1 Å². The van der Waals surface area contributed by atoms with Crippen LogP contribution in [0.3, 0.4) is 0 Å². The Morgan fingerprint density at radius 3 is 2.49 bits per heavy atom. The summed E-state index contributed by atoms with van der Waals surface area (Å²) < 4.78 is 5.77. The molecule has 2 aromatic carbocycles. The van der Waals surface area contributed by atoms with E-state index in [4.69, 9.17) is 4.74 Å². The molecule has 1 aromatic heterocycles. The number of aliphatic hydroxyl groups excluding tert-OH is 1. The number of hydrogen-bond donors (Lipinski definition) is 1. The third-order valence-electron chi connectivity index (χ3n) is 6.84. The van der Waals surface area contributed by atoms with Crippen molar-refractivity contribution in [3.63, 3.8) is 0 Å². The molecule has 7 nitrogen and oxygen atoms in total. The molecule has 2 aliphatic rings. The van der Waals surface area contributed by atoms with Crippen LogP contribution >= 0.6 is 11.3 Å². The molecule has 0 radical (unpaired) electrons. The van der Waals surface area contributed by atoms with Crippen molar-refractivity contribution >= 4 is 39.7 Å². The second-order valence-corrected chi connectivity index (χ2v) is 10.9. The molecule has 0 spiro atoms. The number of rotatable bonds is 5. The summed E-state index contributed by atoms with van der Waals surface area (Å²) in [5, 5.41) is 11.7. The number of ether oxygens (including phenoxy) is 1. The molecule has 8 heteroatoms. The number of ketones is 2. The molecular weight excluding hydrogens is 488 g/mol. The molecule has 3 heterocycles. The Labute approximate surface area is 219 Å². The highest BCUT2D eigenvalue weighted by molar-refractivity contribution is 7.18. The van der Waals surface area contributed by atoms with Gasteiger partial charge in [0.1, 0.15) is 17.6 Å². The third-order valence-corrected chi connectivity index (χ3v) is 8.10. The fourth-order valence-electron chi connectivity index (χ4n) is 4.95. The maximum Gasteiger partial charge on any atom is 0.301 e. The Hall–Kier alpha value is -3.78. The van der Waals surface area contributed by atoms with Gasteiger partial charge < -0.3 is 9.84 Å². The van der Waals surface area contributed by atoms with Crippen molar-refractivity contribution in [3.05, 3.63) is 80.9 Å². The maximum atomic E-state index is 13.5. The zero-order valence-electron chi connectivity index (χ0n) is 21.4. The summed E-state index contributed by atoms with van der Waals surface area (Å²) in [5.41, 5.74) is 3.64. The highest BCUT2D eigenvalue weighted by atomic mass is 32.1. The van der Waals surface area contributed by atoms with Crippen LogP contribution in [0.15, 0.2) is 48.0 Å². The Bertz CT molecular complexity index is 1470. The van der Waals surface area contributed by atoms with Crippen molar-refractivity contribution in [2.45, 2.75) is 59.1 Å². The zero-order valence-corrected chi connectivity index (χ0v) is 22.2. The summed E-state index contributed by atoms with van der Waals surface area (Å²) in [4.78, 5) is 45.2. The summed E-state index contributed by atoms with van der Waals surface area (Å²) in [6, 6.07) is 12.1. The number of benzene rings is 2. The normalized spacial score (nSPS) is 20.4. The minimum Gasteiger partial charge on any atom is -0.507 e. The summed E-state index contributed by atoms with van der Waals surface area (Å²) in [6.07, 6.45) is 0.720. The van der Waals surface area contributed by atoms with Crippen LogP contribution in [0.5, 0.6) is 5.75 Å². The number of thiazole rings is 1. The van der Waals surface area contributed by atoms with E-state index in [9.17, 15) is 19.5 Å². The maximum absolute atomic E-state index is 13.5. The molecule has 2 atom stereocenters. The summed E-state index contributed by atoms with van der Waals surface area (Å²) >= 11 is 1.07. The van der Waals surface area contributed by atoms with Gasteiger partial charge in [0.15, 0.2) is 10.9 Å². The third kappa shape index (κ3) is 4.25. The van der Waals surface area contributed by atoms with E-state index in [-0.39, 0.29) is 28.4 Å². The van der Waals surface area contributed by atoms with Gasteiger partial charge in [-0.25, -0.2) is 4.98 Å². The van der Waals surface area contributed by atoms with Gasteiger partial charge in [-0.3, -0.25) is 19.3 Å². The number of amides is 1. The van der Waals surface area contributed by atoms with Crippen LogP contribution in [0.4, 0.5) is 5.13 Å². The van der Waals surface area contributed by atoms with Crippen molar-refractivity contribution < 1.29 is 24.2 Å². The van der Waals surface area contributed by atoms with Gasteiger partial charge >= 0.3 is 5.91 Å². The molecule has 2 aliphatic heterocycles. The second-order valence-electron chi connectivity index (χ2n) is 9.91. The van der Waals surface area contributed by atoms with E-state index in [1.807, 2.05) is 37.3 Å². The number of aliphatic hydroxyl groups is 1. The molecule has 1 amide bonds. The van der Waals surface area contributed by atoms with Crippen LogP contribution < -0.4 is 9.64 Å². The van der Waals surface area contributed by atoms with Gasteiger partial charge in [0.25, 0.3) is 5.78 Å². The van der Waals surface area contributed by atoms with E-state index in [0.717, 1.165) is 28.2 Å². The summed E-state index contributed by atoms with van der Waals surface area (Å²) in [5.74, 6) is -0.942. The number of aryl methyl sites for hydroxylation is 1. The lowest BCUT2D eigenvalue weighted by Crippen LogP contribution is -2.29. The van der Waals surface area contributed by atoms with Crippen molar-refractivity contribution in [1.29, 1.82) is 0 Å². The first-order valence-electron chi connectivity index (χ1n) is 12.3. The lowest BCUT2D eigenvalue weighted by molar-refractivity contribution is -0.132. The number of anilines is 1. The number of carbonyl (C=O) groups is 3. The molecule has 1 fully saturated rings. The molecule has 0 saturated carbocycles. The smallest absolute Gasteiger partial charge is 0.301 e. The molecule has 3 aromatic rings. The lowest BCUT2D eigenvalue weighted by Gasteiger charge is -2.23. The molecule has 0 unspecified atom stereocenters. The molecule has 1 saturated heterocycles. The standard InChI is InChI=1S/C29H28N2O5S/c1-14(2)18-6-8-19(9-7-18)24-23(25(33)20-10-11-22-21(13-20)12-15(3)36-22)26(34)28(35)31(24)29-30-16(4)27(37-29)17(5)32/h6-11,13-15,24,33H,12H2,1-5H3/t15-,24-/m0/s1. The molecule has 190 valence electrons. The molecule has 0 bridgehead atoms. The molecule has 0 aliphatic carbocycles. The largest absolute Gasteiger partial charge is 0.507 e. The number of nitrogens with zero attached hydrogens (tertiary/aromatic N) is 2. The van der Waals surface area contributed by atoms with E-state index >= 15 is 0 Å². The molecule has 37 heavy (non-hydrogen) atoms.